The summed E-state index contributed by atoms with van der Waals surface area (Å²) in [6.07, 6.45) is 2.10. The minimum Gasteiger partial charge on any atom is -0.353 e. The molecule has 0 bridgehead atoms. The molecular weight excluding hydrogens is 180 g/mol. The Kier molecular flexibility index (Phi) is 2.54. The lowest BCUT2D eigenvalue weighted by Gasteiger charge is -2.32. The van der Waals surface area contributed by atoms with Gasteiger partial charge in [0.05, 0.1) is 12.6 Å². The van der Waals surface area contributed by atoms with E-state index in [1.807, 2.05) is 11.8 Å². The Labute approximate surface area is 83.6 Å². The van der Waals surface area contributed by atoms with Gasteiger partial charge in [-0.25, -0.2) is 0 Å². The predicted molar refractivity (Wildman–Crippen MR) is 51.8 cm³/mol. The average Bonchev–Trinajstić information content (AvgIpc) is 2.95. The number of carbonyl (C=O) groups excluding carboxylic acids is 2. The molecule has 1 atom stereocenters. The van der Waals surface area contributed by atoms with Gasteiger partial charge in [-0.3, -0.25) is 14.5 Å². The number of rotatable bonds is 3. The van der Waals surface area contributed by atoms with Gasteiger partial charge in [0.15, 0.2) is 0 Å². The molecule has 0 spiro atoms. The van der Waals surface area contributed by atoms with Crippen LogP contribution in [0, 0.1) is 5.92 Å². The van der Waals surface area contributed by atoms with Gasteiger partial charge in [-0.2, -0.15) is 0 Å². The Morgan fingerprint density at radius 2 is 2.29 bits per heavy atom. The number of ketones is 1. The normalized spacial score (nSPS) is 28.6. The summed E-state index contributed by atoms with van der Waals surface area (Å²) < 4.78 is 0. The van der Waals surface area contributed by atoms with E-state index in [1.165, 1.54) is 0 Å². The van der Waals surface area contributed by atoms with E-state index in [4.69, 9.17) is 0 Å². The van der Waals surface area contributed by atoms with Crippen molar-refractivity contribution in [2.75, 3.05) is 19.6 Å². The third kappa shape index (κ3) is 1.95. The molecule has 0 aromatic rings. The SMILES string of the molecule is CC1C(=O)NCCN1CC(=O)C1CC1. The smallest absolute Gasteiger partial charge is 0.237 e. The maximum atomic E-state index is 11.6. The van der Waals surface area contributed by atoms with Gasteiger partial charge in [-0.1, -0.05) is 0 Å². The molecule has 1 aliphatic heterocycles. The van der Waals surface area contributed by atoms with E-state index in [-0.39, 0.29) is 11.9 Å². The van der Waals surface area contributed by atoms with E-state index in [1.54, 1.807) is 0 Å². The Bertz CT molecular complexity index is 261. The van der Waals surface area contributed by atoms with Crippen LogP contribution in [0.5, 0.6) is 0 Å². The Morgan fingerprint density at radius 3 is 2.93 bits per heavy atom. The number of hydrogen-bond acceptors (Lipinski definition) is 3. The van der Waals surface area contributed by atoms with Crippen LogP contribution < -0.4 is 5.32 Å². The number of nitrogens with one attached hydrogen (secondary N) is 1. The summed E-state index contributed by atoms with van der Waals surface area (Å²) in [7, 11) is 0. The molecule has 1 unspecified atom stereocenters. The van der Waals surface area contributed by atoms with Crippen LogP contribution >= 0.6 is 0 Å². The lowest BCUT2D eigenvalue weighted by Crippen LogP contribution is -2.55. The fraction of sp³-hybridized carbons (Fsp3) is 0.800. The van der Waals surface area contributed by atoms with Gasteiger partial charge in [0, 0.05) is 19.0 Å². The second kappa shape index (κ2) is 3.69. The molecule has 2 rings (SSSR count). The number of hydrogen-bond donors (Lipinski definition) is 1. The first-order valence-corrected chi connectivity index (χ1v) is 5.23. The molecule has 0 aromatic carbocycles. The second-order valence-electron chi connectivity index (χ2n) is 4.18. The number of nitrogens with zero attached hydrogens (tertiary/aromatic N) is 1. The quantitative estimate of drug-likeness (QED) is 0.679. The second-order valence-corrected chi connectivity index (χ2v) is 4.18. The van der Waals surface area contributed by atoms with Crippen molar-refractivity contribution in [1.82, 2.24) is 10.2 Å². The number of Topliss-reactive ketones (excluding diaryl/α,β-unsaturated/α-hetero) is 1. The van der Waals surface area contributed by atoms with Crippen molar-refractivity contribution in [3.05, 3.63) is 0 Å². The molecule has 4 nitrogen and oxygen atoms in total. The molecule has 1 saturated heterocycles. The highest BCUT2D eigenvalue weighted by Gasteiger charge is 2.33. The lowest BCUT2D eigenvalue weighted by molar-refractivity contribution is -0.130. The van der Waals surface area contributed by atoms with Crippen LogP contribution in [0.25, 0.3) is 0 Å². The Hall–Kier alpha value is -0.900. The van der Waals surface area contributed by atoms with Crippen molar-refractivity contribution in [3.63, 3.8) is 0 Å². The third-order valence-corrected chi connectivity index (χ3v) is 3.02. The van der Waals surface area contributed by atoms with Gasteiger partial charge in [-0.05, 0) is 19.8 Å². The highest BCUT2D eigenvalue weighted by Crippen LogP contribution is 2.30. The molecule has 1 aliphatic carbocycles. The van der Waals surface area contributed by atoms with Crippen LogP contribution in [0.15, 0.2) is 0 Å². The first-order chi connectivity index (χ1) is 6.68. The largest absolute Gasteiger partial charge is 0.353 e. The highest BCUT2D eigenvalue weighted by atomic mass is 16.2. The molecule has 0 radical (unpaired) electrons. The highest BCUT2D eigenvalue weighted by molar-refractivity contribution is 5.87. The van der Waals surface area contributed by atoms with Crippen molar-refractivity contribution >= 4 is 11.7 Å². The fourth-order valence-corrected chi connectivity index (χ4v) is 1.78. The van der Waals surface area contributed by atoms with E-state index in [0.29, 0.717) is 24.8 Å². The summed E-state index contributed by atoms with van der Waals surface area (Å²) >= 11 is 0. The van der Waals surface area contributed by atoms with Crippen molar-refractivity contribution in [2.24, 2.45) is 5.92 Å². The van der Waals surface area contributed by atoms with Crippen LogP contribution in [0.3, 0.4) is 0 Å². The van der Waals surface area contributed by atoms with E-state index in [2.05, 4.69) is 5.32 Å². The van der Waals surface area contributed by atoms with E-state index >= 15 is 0 Å². The van der Waals surface area contributed by atoms with Crippen LogP contribution in [0.1, 0.15) is 19.8 Å². The van der Waals surface area contributed by atoms with Gasteiger partial charge in [-0.15, -0.1) is 0 Å². The summed E-state index contributed by atoms with van der Waals surface area (Å²) in [6, 6.07) is -0.147. The predicted octanol–water partition coefficient (Wildman–Crippen LogP) is -0.214. The molecule has 1 amide bonds. The molecule has 2 fully saturated rings. The summed E-state index contributed by atoms with van der Waals surface area (Å²) in [5.41, 5.74) is 0. The number of amides is 1. The standard InChI is InChI=1S/C10H16N2O2/c1-7-10(14)11-4-5-12(7)6-9(13)8-2-3-8/h7-8H,2-6H2,1H3,(H,11,14). The lowest BCUT2D eigenvalue weighted by atomic mass is 10.1. The maximum absolute atomic E-state index is 11.6. The molecule has 1 N–H and O–H groups in total. The van der Waals surface area contributed by atoms with Gasteiger partial charge in [0.2, 0.25) is 5.91 Å². The first-order valence-electron chi connectivity index (χ1n) is 5.23. The zero-order valence-corrected chi connectivity index (χ0v) is 8.45. The fourth-order valence-electron chi connectivity index (χ4n) is 1.78. The van der Waals surface area contributed by atoms with Crippen LogP contribution in [-0.4, -0.2) is 42.3 Å². The summed E-state index contributed by atoms with van der Waals surface area (Å²) in [4.78, 5) is 24.8. The van der Waals surface area contributed by atoms with Crippen molar-refractivity contribution in [2.45, 2.75) is 25.8 Å². The van der Waals surface area contributed by atoms with E-state index in [9.17, 15) is 9.59 Å². The summed E-state index contributed by atoms with van der Waals surface area (Å²) in [5.74, 6) is 0.651. The zero-order chi connectivity index (χ0) is 10.1. The van der Waals surface area contributed by atoms with Gasteiger partial charge in [0.1, 0.15) is 5.78 Å². The van der Waals surface area contributed by atoms with Gasteiger partial charge in [0.25, 0.3) is 0 Å². The van der Waals surface area contributed by atoms with E-state index in [0.717, 1.165) is 19.4 Å². The first kappa shape index (κ1) is 9.65. The van der Waals surface area contributed by atoms with Gasteiger partial charge >= 0.3 is 0 Å². The molecular formula is C10H16N2O2. The minimum atomic E-state index is -0.147. The molecule has 2 aliphatic rings. The average molecular weight is 196 g/mol. The van der Waals surface area contributed by atoms with Crippen LogP contribution in [0.4, 0.5) is 0 Å². The van der Waals surface area contributed by atoms with E-state index < -0.39 is 0 Å². The molecule has 1 saturated carbocycles. The van der Waals surface area contributed by atoms with Crippen molar-refractivity contribution in [1.29, 1.82) is 0 Å². The molecule has 4 heteroatoms. The minimum absolute atomic E-state index is 0.0415. The third-order valence-electron chi connectivity index (χ3n) is 3.02. The monoisotopic (exact) mass is 196 g/mol. The molecule has 78 valence electrons. The Morgan fingerprint density at radius 1 is 1.57 bits per heavy atom. The van der Waals surface area contributed by atoms with Crippen molar-refractivity contribution in [3.8, 4) is 0 Å². The summed E-state index contributed by atoms with van der Waals surface area (Å²) in [6.45, 7) is 3.78. The van der Waals surface area contributed by atoms with Crippen molar-refractivity contribution < 1.29 is 9.59 Å². The Balaban J connectivity index is 1.89. The molecule has 1 heterocycles. The zero-order valence-electron chi connectivity index (χ0n) is 8.45. The van der Waals surface area contributed by atoms with Crippen LogP contribution in [0.2, 0.25) is 0 Å². The van der Waals surface area contributed by atoms with Crippen LogP contribution in [-0.2, 0) is 9.59 Å². The topological polar surface area (TPSA) is 49.4 Å². The maximum Gasteiger partial charge on any atom is 0.237 e. The molecule has 14 heavy (non-hydrogen) atoms. The summed E-state index contributed by atoms with van der Waals surface area (Å²) in [5, 5.41) is 2.79. The number of carbonyl (C=O) groups is 2. The molecule has 0 aromatic heterocycles. The van der Waals surface area contributed by atoms with Gasteiger partial charge < -0.3 is 5.32 Å². The number of piperazine rings is 1.